The van der Waals surface area contributed by atoms with Crippen LogP contribution in [0, 0.1) is 5.92 Å². The van der Waals surface area contributed by atoms with Gasteiger partial charge in [-0.05, 0) is 29.9 Å². The zero-order chi connectivity index (χ0) is 22.5. The Hall–Kier alpha value is -3.10. The second-order valence-electron chi connectivity index (χ2n) is 8.75. The minimum atomic E-state index is -4.32. The molecule has 1 aromatic carbocycles. The number of hydrogen-bond acceptors (Lipinski definition) is 3. The number of amides is 1. The number of carbonyl (C=O) groups excluding carboxylic acids is 1. The fourth-order valence-electron chi connectivity index (χ4n) is 4.69. The Kier molecular flexibility index (Phi) is 5.06. The molecule has 168 valence electrons. The summed E-state index contributed by atoms with van der Waals surface area (Å²) < 4.78 is 39.4. The van der Waals surface area contributed by atoms with E-state index >= 15 is 0 Å². The lowest BCUT2D eigenvalue weighted by atomic mass is 9.84. The molecule has 0 radical (unpaired) electrons. The van der Waals surface area contributed by atoms with Gasteiger partial charge in [-0.25, -0.2) is 0 Å². The van der Waals surface area contributed by atoms with Crippen LogP contribution in [0.5, 0.6) is 0 Å². The number of benzene rings is 1. The number of alkyl halides is 3. The first kappa shape index (κ1) is 20.8. The first-order valence-corrected chi connectivity index (χ1v) is 10.9. The topological polar surface area (TPSA) is 70.5 Å². The average molecular weight is 444 g/mol. The maximum atomic E-state index is 12.8. The summed E-state index contributed by atoms with van der Waals surface area (Å²) in [6, 6.07) is 9.47. The van der Waals surface area contributed by atoms with E-state index < -0.39 is 23.6 Å². The highest BCUT2D eigenvalue weighted by Crippen LogP contribution is 2.35. The van der Waals surface area contributed by atoms with E-state index in [9.17, 15) is 22.8 Å². The van der Waals surface area contributed by atoms with E-state index in [0.29, 0.717) is 11.6 Å². The van der Waals surface area contributed by atoms with Crippen LogP contribution >= 0.6 is 0 Å². The van der Waals surface area contributed by atoms with Crippen molar-refractivity contribution < 1.29 is 18.0 Å². The van der Waals surface area contributed by atoms with E-state index in [0.717, 1.165) is 15.0 Å². The van der Waals surface area contributed by atoms with E-state index in [-0.39, 0.29) is 24.3 Å². The molecule has 9 heteroatoms. The molecule has 1 saturated heterocycles. The van der Waals surface area contributed by atoms with Gasteiger partial charge < -0.3 is 9.88 Å². The Balaban J connectivity index is 1.42. The largest absolute Gasteiger partial charge is 0.395 e. The van der Waals surface area contributed by atoms with Gasteiger partial charge in [-0.1, -0.05) is 43.5 Å². The molecule has 3 aromatic rings. The summed E-state index contributed by atoms with van der Waals surface area (Å²) in [5.41, 5.74) is 2.47. The second kappa shape index (κ2) is 7.79. The van der Waals surface area contributed by atoms with Crippen molar-refractivity contribution in [3.8, 4) is 11.3 Å². The Labute approximate surface area is 182 Å². The van der Waals surface area contributed by atoms with Gasteiger partial charge in [0.2, 0.25) is 0 Å². The summed E-state index contributed by atoms with van der Waals surface area (Å²) in [6.45, 7) is -0.765. The fraction of sp³-hybridized carbons (Fsp3) is 0.435. The molecule has 1 saturated carbocycles. The highest BCUT2D eigenvalue weighted by Gasteiger charge is 2.49. The molecule has 1 N–H and O–H groups in total. The van der Waals surface area contributed by atoms with Crippen molar-refractivity contribution in [1.82, 2.24) is 19.5 Å². The number of likely N-dealkylation sites (tertiary alicyclic amines) is 1. The summed E-state index contributed by atoms with van der Waals surface area (Å²) in [6.07, 6.45) is 3.07. The minimum Gasteiger partial charge on any atom is -0.339 e. The van der Waals surface area contributed by atoms with Crippen LogP contribution in [0.15, 0.2) is 41.3 Å². The summed E-state index contributed by atoms with van der Waals surface area (Å²) in [5.74, 6) is -1.51. The monoisotopic (exact) mass is 444 g/mol. The molecule has 2 fully saturated rings. The molecule has 1 amide bonds. The SMILES string of the molecule is O=C(c1cnn2c(=O)cc(-c3ccc(C4CCCCC4)cc3)[nH]c12)N1CC(C(F)(F)F)C1. The zero-order valence-corrected chi connectivity index (χ0v) is 17.4. The Morgan fingerprint density at radius 2 is 1.75 bits per heavy atom. The molecule has 0 spiro atoms. The summed E-state index contributed by atoms with van der Waals surface area (Å²) in [7, 11) is 0. The lowest BCUT2D eigenvalue weighted by Gasteiger charge is -2.39. The quantitative estimate of drug-likeness (QED) is 0.652. The molecule has 0 unspecified atom stereocenters. The number of rotatable bonds is 3. The average Bonchev–Trinajstić information content (AvgIpc) is 3.17. The van der Waals surface area contributed by atoms with Crippen LogP contribution in [0.1, 0.15) is 53.9 Å². The molecule has 1 aliphatic carbocycles. The molecule has 0 bridgehead atoms. The van der Waals surface area contributed by atoms with Gasteiger partial charge in [-0.2, -0.15) is 22.8 Å². The molecule has 1 aliphatic heterocycles. The predicted molar refractivity (Wildman–Crippen MR) is 113 cm³/mol. The van der Waals surface area contributed by atoms with E-state index in [2.05, 4.69) is 22.2 Å². The number of hydrogen-bond donors (Lipinski definition) is 1. The van der Waals surface area contributed by atoms with Crippen LogP contribution in [-0.4, -0.2) is 44.7 Å². The van der Waals surface area contributed by atoms with Crippen molar-refractivity contribution in [2.24, 2.45) is 5.92 Å². The third kappa shape index (κ3) is 3.69. The number of aromatic amines is 1. The smallest absolute Gasteiger partial charge is 0.339 e. The lowest BCUT2D eigenvalue weighted by Crippen LogP contribution is -2.55. The minimum absolute atomic E-state index is 0.0865. The summed E-state index contributed by atoms with van der Waals surface area (Å²) >= 11 is 0. The second-order valence-corrected chi connectivity index (χ2v) is 8.75. The third-order valence-electron chi connectivity index (χ3n) is 6.66. The number of nitrogens with one attached hydrogen (secondary N) is 1. The van der Waals surface area contributed by atoms with Gasteiger partial charge in [-0.3, -0.25) is 9.59 Å². The van der Waals surface area contributed by atoms with Crippen molar-refractivity contribution in [3.05, 3.63) is 58.0 Å². The van der Waals surface area contributed by atoms with Crippen molar-refractivity contribution in [1.29, 1.82) is 0 Å². The first-order chi connectivity index (χ1) is 15.3. The number of aromatic nitrogens is 3. The van der Waals surface area contributed by atoms with Gasteiger partial charge in [0.1, 0.15) is 5.56 Å². The normalized spacial score (nSPS) is 18.2. The van der Waals surface area contributed by atoms with Crippen LogP contribution in [0.2, 0.25) is 0 Å². The molecular formula is C23H23F3N4O2. The zero-order valence-electron chi connectivity index (χ0n) is 17.4. The third-order valence-corrected chi connectivity index (χ3v) is 6.66. The first-order valence-electron chi connectivity index (χ1n) is 10.9. The standard InChI is InChI=1S/C23H23F3N4O2/c24-23(25,26)17-12-29(13-17)22(32)18-11-27-30-20(31)10-19(28-21(18)30)16-8-6-15(7-9-16)14-4-2-1-3-5-14/h6-11,14,17,28H,1-5,12-13H2. The van der Waals surface area contributed by atoms with Gasteiger partial charge in [0.15, 0.2) is 5.65 Å². The van der Waals surface area contributed by atoms with Crippen molar-refractivity contribution in [2.75, 3.05) is 13.1 Å². The van der Waals surface area contributed by atoms with E-state index in [1.165, 1.54) is 49.9 Å². The van der Waals surface area contributed by atoms with Crippen molar-refractivity contribution >= 4 is 11.6 Å². The number of halogens is 3. The molecule has 5 rings (SSSR count). The lowest BCUT2D eigenvalue weighted by molar-refractivity contribution is -0.202. The Morgan fingerprint density at radius 1 is 1.06 bits per heavy atom. The summed E-state index contributed by atoms with van der Waals surface area (Å²) in [5, 5.41) is 3.96. The van der Waals surface area contributed by atoms with Gasteiger partial charge in [-0.15, -0.1) is 0 Å². The number of fused-ring (bicyclic) bond motifs is 1. The van der Waals surface area contributed by atoms with Crippen LogP contribution < -0.4 is 5.56 Å². The predicted octanol–water partition coefficient (Wildman–Crippen LogP) is 4.37. The molecular weight excluding hydrogens is 421 g/mol. The number of H-pyrrole nitrogens is 1. The Morgan fingerprint density at radius 3 is 2.41 bits per heavy atom. The van der Waals surface area contributed by atoms with Crippen molar-refractivity contribution in [3.63, 3.8) is 0 Å². The highest BCUT2D eigenvalue weighted by molar-refractivity contribution is 6.00. The number of nitrogens with zero attached hydrogens (tertiary/aromatic N) is 3. The molecule has 0 atom stereocenters. The maximum Gasteiger partial charge on any atom is 0.395 e. The highest BCUT2D eigenvalue weighted by atomic mass is 19.4. The van der Waals surface area contributed by atoms with Gasteiger partial charge in [0, 0.05) is 19.2 Å². The molecule has 6 nitrogen and oxygen atoms in total. The van der Waals surface area contributed by atoms with E-state index in [1.54, 1.807) is 0 Å². The molecule has 32 heavy (non-hydrogen) atoms. The van der Waals surface area contributed by atoms with Crippen LogP contribution in [0.4, 0.5) is 13.2 Å². The molecule has 3 heterocycles. The van der Waals surface area contributed by atoms with Gasteiger partial charge >= 0.3 is 6.18 Å². The Bertz CT molecular complexity index is 1200. The van der Waals surface area contributed by atoms with Crippen LogP contribution in [0.25, 0.3) is 16.9 Å². The van der Waals surface area contributed by atoms with Gasteiger partial charge in [0.05, 0.1) is 17.8 Å². The fourth-order valence-corrected chi connectivity index (χ4v) is 4.69. The van der Waals surface area contributed by atoms with Crippen LogP contribution in [0.3, 0.4) is 0 Å². The maximum absolute atomic E-state index is 12.8. The van der Waals surface area contributed by atoms with Crippen molar-refractivity contribution in [2.45, 2.75) is 44.2 Å². The summed E-state index contributed by atoms with van der Waals surface area (Å²) in [4.78, 5) is 29.5. The molecule has 2 aromatic heterocycles. The number of carbonyl (C=O) groups is 1. The van der Waals surface area contributed by atoms with Gasteiger partial charge in [0.25, 0.3) is 11.5 Å². The van der Waals surface area contributed by atoms with E-state index in [4.69, 9.17) is 0 Å². The van der Waals surface area contributed by atoms with E-state index in [1.807, 2.05) is 12.1 Å². The molecule has 2 aliphatic rings. The van der Waals surface area contributed by atoms with Crippen LogP contribution in [-0.2, 0) is 0 Å².